The van der Waals surface area contributed by atoms with Crippen LogP contribution in [0.5, 0.6) is 0 Å². The molecule has 0 rings (SSSR count). The molecule has 0 unspecified atom stereocenters. The van der Waals surface area contributed by atoms with Crippen molar-refractivity contribution in [2.75, 3.05) is 0 Å². The van der Waals surface area contributed by atoms with Gasteiger partial charge in [-0.1, -0.05) is 0 Å². The van der Waals surface area contributed by atoms with Gasteiger partial charge in [0.1, 0.15) is 0 Å². The Bertz CT molecular complexity index is 244. The topological polar surface area (TPSA) is 23.8 Å². The van der Waals surface area contributed by atoms with Gasteiger partial charge in [0.15, 0.2) is 0 Å². The first-order valence-electron chi connectivity index (χ1n) is 2.75. The van der Waals surface area contributed by atoms with E-state index < -0.39 is 39.0 Å². The molecule has 0 aromatic heterocycles. The Morgan fingerprint density at radius 2 is 0.611 bits per heavy atom. The fourth-order valence-corrected chi connectivity index (χ4v) is 0. The van der Waals surface area contributed by atoms with E-state index in [1.165, 1.54) is 6.92 Å². The predicted molar refractivity (Wildman–Crippen MR) is 36.1 cm³/mol. The minimum Gasteiger partial charge on any atom is 2.00 e. The molecule has 0 spiro atoms. The van der Waals surface area contributed by atoms with Crippen molar-refractivity contribution in [3.63, 3.8) is 0 Å². The van der Waals surface area contributed by atoms with E-state index in [9.17, 15) is 33.8 Å². The second kappa shape index (κ2) is 4.97. The molecule has 0 saturated carbocycles. The summed E-state index contributed by atoms with van der Waals surface area (Å²) >= 11 is -22.5. The number of hydrogen-bond donors (Lipinski definition) is 0. The molecule has 0 aliphatic rings. The fraction of sp³-hybridized carbons (Fsp3) is 0.500. The van der Waals surface area contributed by atoms with Gasteiger partial charge >= 0.3 is 89.8 Å². The number of halogens is 12. The minimum atomic E-state index is -11.2. The Kier molecular flexibility index (Phi) is 7.51. The summed E-state index contributed by atoms with van der Waals surface area (Å²) in [5.41, 5.74) is 0. The van der Waals surface area contributed by atoms with Crippen molar-refractivity contribution >= 4 is 39.0 Å². The molecule has 0 amide bonds. The van der Waals surface area contributed by atoms with E-state index >= 15 is 0 Å². The second-order valence-corrected chi connectivity index (χ2v) is 13.1. The van der Waals surface area contributed by atoms with Crippen molar-refractivity contribution in [2.24, 2.45) is 0 Å². The number of nitrogens with zero attached hydrogens (tertiary/aromatic N) is 1. The van der Waals surface area contributed by atoms with Crippen LogP contribution in [-0.2, 0) is 17.1 Å². The summed E-state index contributed by atoms with van der Waals surface area (Å²) in [6, 6.07) is 1.75. The quantitative estimate of drug-likeness (QED) is 0.304. The molecule has 18 heavy (non-hydrogen) atoms. The molecule has 1 nitrogen and oxygen atoms in total. The van der Waals surface area contributed by atoms with Crippen LogP contribution < -0.4 is 0 Å². The summed E-state index contributed by atoms with van der Waals surface area (Å²) in [4.78, 5) is 0. The van der Waals surface area contributed by atoms with E-state index in [1.54, 1.807) is 6.07 Å². The molecule has 0 aliphatic carbocycles. The predicted octanol–water partition coefficient (Wildman–Crippen LogP) is 4.81. The van der Waals surface area contributed by atoms with Gasteiger partial charge in [-0.3, -0.25) is 0 Å². The Balaban J connectivity index is -0.0000000857. The molecule has 0 aromatic carbocycles. The van der Waals surface area contributed by atoms with Crippen molar-refractivity contribution in [2.45, 2.75) is 6.92 Å². The SMILES string of the molecule is CC#N.[F][Sb-]([F])([F])([F])([F])[F].[F][Sb-]([F])([F])([F])([F])[F].[Fe+2]. The van der Waals surface area contributed by atoms with E-state index in [0.717, 1.165) is 0 Å². The summed E-state index contributed by atoms with van der Waals surface area (Å²) in [5.74, 6) is 0. The van der Waals surface area contributed by atoms with Crippen molar-refractivity contribution in [1.29, 1.82) is 5.26 Å². The Morgan fingerprint density at radius 3 is 0.611 bits per heavy atom. The van der Waals surface area contributed by atoms with Crippen molar-refractivity contribution < 1.29 is 50.8 Å². The first kappa shape index (κ1) is 27.2. The largest absolute Gasteiger partial charge is 2.00 e. The minimum absolute atomic E-state index is 0. The average Bonchev–Trinajstić information content (AvgIpc) is 1.40. The normalized spacial score (nSPS) is 18.4. The van der Waals surface area contributed by atoms with Crippen LogP contribution in [0.3, 0.4) is 0 Å². The fourth-order valence-electron chi connectivity index (χ4n) is 0. The molecule has 0 fully saturated rings. The van der Waals surface area contributed by atoms with Gasteiger partial charge in [0.25, 0.3) is 0 Å². The Hall–Kier alpha value is 0.806. The number of nitriles is 1. The smallest absolute Gasteiger partial charge is 2.00 e. The van der Waals surface area contributed by atoms with E-state index in [1.807, 2.05) is 0 Å². The Labute approximate surface area is 107 Å². The van der Waals surface area contributed by atoms with Crippen LogP contribution in [0.15, 0.2) is 0 Å². The third kappa shape index (κ3) is 6470. The molecule has 0 saturated heterocycles. The van der Waals surface area contributed by atoms with Gasteiger partial charge in [-0.25, -0.2) is 0 Å². The summed E-state index contributed by atoms with van der Waals surface area (Å²) in [5, 5.41) is 7.32. The maximum atomic E-state index is 9.93. The van der Waals surface area contributed by atoms with Gasteiger partial charge in [0, 0.05) is 6.92 Å². The maximum Gasteiger partial charge on any atom is 2.00 e. The van der Waals surface area contributed by atoms with Gasteiger partial charge in [-0.2, -0.15) is 5.26 Å². The van der Waals surface area contributed by atoms with Gasteiger partial charge in [-0.15, -0.1) is 0 Å². The molecule has 0 radical (unpaired) electrons. The van der Waals surface area contributed by atoms with Crippen molar-refractivity contribution in [3.05, 3.63) is 0 Å². The molecule has 0 bridgehead atoms. The van der Waals surface area contributed by atoms with Crippen LogP contribution in [0.4, 0.5) is 33.8 Å². The Morgan fingerprint density at radius 1 is 0.611 bits per heavy atom. The van der Waals surface area contributed by atoms with Gasteiger partial charge in [0.2, 0.25) is 0 Å². The molecule has 0 aromatic rings. The van der Waals surface area contributed by atoms with Crippen LogP contribution in [0.2, 0.25) is 0 Å². The molecule has 0 aliphatic heterocycles. The van der Waals surface area contributed by atoms with Crippen molar-refractivity contribution in [1.82, 2.24) is 0 Å². The number of rotatable bonds is 0. The molecule has 16 heteroatoms. The van der Waals surface area contributed by atoms with E-state index in [2.05, 4.69) is 0 Å². The molecule has 118 valence electrons. The van der Waals surface area contributed by atoms with Gasteiger partial charge in [0.05, 0.1) is 6.07 Å². The summed E-state index contributed by atoms with van der Waals surface area (Å²) in [6.45, 7) is 1.43. The summed E-state index contributed by atoms with van der Waals surface area (Å²) < 4.78 is 119. The van der Waals surface area contributed by atoms with Crippen molar-refractivity contribution in [3.8, 4) is 6.07 Å². The average molecular weight is 568 g/mol. The summed E-state index contributed by atoms with van der Waals surface area (Å²) in [6.07, 6.45) is 0. The van der Waals surface area contributed by atoms with E-state index in [4.69, 9.17) is 5.26 Å². The molecular weight excluding hydrogens is 565 g/mol. The molecule has 0 atom stereocenters. The van der Waals surface area contributed by atoms with Crippen LogP contribution in [0.25, 0.3) is 0 Å². The first-order chi connectivity index (χ1) is 6.31. The van der Waals surface area contributed by atoms with Crippen LogP contribution in [-0.4, -0.2) is 39.0 Å². The van der Waals surface area contributed by atoms with E-state index in [-0.39, 0.29) is 17.1 Å². The maximum absolute atomic E-state index is 11.2. The van der Waals surface area contributed by atoms with E-state index in [0.29, 0.717) is 0 Å². The third-order valence-corrected chi connectivity index (χ3v) is 0. The number of hydrogen-bond acceptors (Lipinski definition) is 1. The first-order valence-corrected chi connectivity index (χ1v) is 14.3. The summed E-state index contributed by atoms with van der Waals surface area (Å²) in [7, 11) is 0. The standard InChI is InChI=1S/C2H3N.12FH.Fe.2Sb/c1-2-3;;;;;;;;;;;;;;;/h1H3;12*1H;;;/q;;;;;;;;;;;;;+2;2*+5/p-12. The molecule has 0 heterocycles. The molecule has 0 N–H and O–H groups in total. The van der Waals surface area contributed by atoms with Crippen LogP contribution in [0, 0.1) is 11.3 Å². The van der Waals surface area contributed by atoms with Gasteiger partial charge < -0.3 is 0 Å². The van der Waals surface area contributed by atoms with Crippen LogP contribution >= 0.6 is 0 Å². The zero-order chi connectivity index (χ0) is 15.5. The third-order valence-electron chi connectivity index (χ3n) is 0. The molecular formula is C2H3F12FeNSb2. The zero-order valence-electron chi connectivity index (χ0n) is 7.73. The monoisotopic (exact) mass is 567 g/mol. The zero-order valence-corrected chi connectivity index (χ0v) is 13.9. The second-order valence-electron chi connectivity index (χ2n) is 2.14. The van der Waals surface area contributed by atoms with Crippen LogP contribution in [0.1, 0.15) is 6.92 Å². The van der Waals surface area contributed by atoms with Gasteiger partial charge in [-0.05, 0) is 0 Å².